The number of amides is 1. The molecule has 0 radical (unpaired) electrons. The van der Waals surface area contributed by atoms with E-state index in [0.717, 1.165) is 30.0 Å². The third-order valence-corrected chi connectivity index (χ3v) is 5.92. The Bertz CT molecular complexity index is 1370. The molecule has 0 unspecified atom stereocenters. The number of hydrogen-bond donors (Lipinski definition) is 1. The van der Waals surface area contributed by atoms with Gasteiger partial charge in [-0.25, -0.2) is 9.97 Å². The highest BCUT2D eigenvalue weighted by Gasteiger charge is 2.23. The lowest BCUT2D eigenvalue weighted by Gasteiger charge is -2.19. The minimum Gasteiger partial charge on any atom is -0.497 e. The summed E-state index contributed by atoms with van der Waals surface area (Å²) in [6, 6.07) is 12.1. The summed E-state index contributed by atoms with van der Waals surface area (Å²) in [4.78, 5) is 35.0. The molecule has 0 fully saturated rings. The van der Waals surface area contributed by atoms with Crippen molar-refractivity contribution in [2.45, 2.75) is 25.4 Å². The Hall–Kier alpha value is -3.94. The van der Waals surface area contributed by atoms with E-state index in [0.29, 0.717) is 28.8 Å². The monoisotopic (exact) mass is 429 g/mol. The summed E-state index contributed by atoms with van der Waals surface area (Å²) in [6.45, 7) is 0.701. The van der Waals surface area contributed by atoms with E-state index in [1.807, 2.05) is 42.1 Å². The van der Waals surface area contributed by atoms with Gasteiger partial charge in [-0.05, 0) is 42.3 Å². The summed E-state index contributed by atoms with van der Waals surface area (Å²) in [5.74, 6) is 1.96. The lowest BCUT2D eigenvalue weighted by molar-refractivity contribution is 0.0941. The molecule has 5 rings (SSSR count). The highest BCUT2D eigenvalue weighted by Crippen LogP contribution is 2.24. The first-order valence-electron chi connectivity index (χ1n) is 10.5. The summed E-state index contributed by atoms with van der Waals surface area (Å²) in [5, 5.41) is 3.62. The lowest BCUT2D eigenvalue weighted by Crippen LogP contribution is -2.31. The molecule has 1 N–H and O–H groups in total. The Balaban J connectivity index is 1.50. The van der Waals surface area contributed by atoms with E-state index < -0.39 is 6.04 Å². The Morgan fingerprint density at radius 1 is 1.19 bits per heavy atom. The molecule has 162 valence electrons. The van der Waals surface area contributed by atoms with E-state index >= 15 is 0 Å². The molecule has 0 bridgehead atoms. The molecule has 1 atom stereocenters. The molecule has 0 saturated carbocycles. The Labute approximate surface area is 184 Å². The van der Waals surface area contributed by atoms with Crippen LogP contribution in [0.1, 0.15) is 40.0 Å². The summed E-state index contributed by atoms with van der Waals surface area (Å²) in [7, 11) is 3.50. The van der Waals surface area contributed by atoms with Gasteiger partial charge in [-0.15, -0.1) is 0 Å². The van der Waals surface area contributed by atoms with Crippen LogP contribution in [0.25, 0.3) is 10.9 Å². The predicted octanol–water partition coefficient (Wildman–Crippen LogP) is 2.60. The van der Waals surface area contributed by atoms with Crippen molar-refractivity contribution < 1.29 is 9.53 Å². The van der Waals surface area contributed by atoms with Crippen molar-refractivity contribution in [1.29, 1.82) is 0 Å². The van der Waals surface area contributed by atoms with Gasteiger partial charge in [0.25, 0.3) is 11.5 Å². The lowest BCUT2D eigenvalue weighted by atomic mass is 10.0. The normalized spacial score (nSPS) is 13.7. The first-order chi connectivity index (χ1) is 15.5. The van der Waals surface area contributed by atoms with E-state index in [1.54, 1.807) is 36.1 Å². The molecule has 2 aromatic carbocycles. The van der Waals surface area contributed by atoms with E-state index in [1.165, 1.54) is 0 Å². The zero-order valence-electron chi connectivity index (χ0n) is 17.9. The number of aromatic nitrogens is 4. The second kappa shape index (κ2) is 7.96. The van der Waals surface area contributed by atoms with Gasteiger partial charge < -0.3 is 14.6 Å². The minimum atomic E-state index is -0.456. The van der Waals surface area contributed by atoms with Crippen molar-refractivity contribution >= 4 is 16.8 Å². The standard InChI is InChI=1S/C24H23N5O3/c1-28-13-11-25-22(28)21(15-5-8-17(32-2)9-6-15)27-23(30)16-7-10-18-19(14-16)26-20-4-3-12-29(20)24(18)31/h5-11,13-14,21H,3-4,12H2,1-2H3,(H,27,30)/t21-/m0/s1. The number of aryl methyl sites for hydroxylation is 2. The zero-order valence-corrected chi connectivity index (χ0v) is 17.9. The average molecular weight is 429 g/mol. The number of imidazole rings is 1. The van der Waals surface area contributed by atoms with Crippen molar-refractivity contribution in [3.63, 3.8) is 0 Å². The zero-order chi connectivity index (χ0) is 22.2. The Morgan fingerprint density at radius 2 is 2.00 bits per heavy atom. The van der Waals surface area contributed by atoms with Crippen LogP contribution < -0.4 is 15.6 Å². The van der Waals surface area contributed by atoms with Crippen LogP contribution in [-0.2, 0) is 20.0 Å². The van der Waals surface area contributed by atoms with Gasteiger partial charge in [-0.2, -0.15) is 0 Å². The van der Waals surface area contributed by atoms with Gasteiger partial charge in [0, 0.05) is 38.0 Å². The highest BCUT2D eigenvalue weighted by molar-refractivity contribution is 5.98. The molecule has 0 aliphatic carbocycles. The number of benzene rings is 2. The molecule has 3 heterocycles. The number of carbonyl (C=O) groups is 1. The summed E-state index contributed by atoms with van der Waals surface area (Å²) in [5.41, 5.74) is 1.83. The maximum Gasteiger partial charge on any atom is 0.261 e. The number of nitrogens with zero attached hydrogens (tertiary/aromatic N) is 4. The Kier molecular flexibility index (Phi) is 4.97. The fourth-order valence-electron chi connectivity index (χ4n) is 4.19. The molecule has 1 aliphatic heterocycles. The molecule has 4 aromatic rings. The number of fused-ring (bicyclic) bond motifs is 2. The molecular weight excluding hydrogens is 406 g/mol. The van der Waals surface area contributed by atoms with Gasteiger partial charge >= 0.3 is 0 Å². The van der Waals surface area contributed by atoms with E-state index in [9.17, 15) is 9.59 Å². The molecule has 32 heavy (non-hydrogen) atoms. The number of ether oxygens (including phenoxy) is 1. The smallest absolute Gasteiger partial charge is 0.261 e. The van der Waals surface area contributed by atoms with E-state index in [-0.39, 0.29) is 11.5 Å². The highest BCUT2D eigenvalue weighted by atomic mass is 16.5. The molecular formula is C24H23N5O3. The fourth-order valence-corrected chi connectivity index (χ4v) is 4.19. The molecule has 8 nitrogen and oxygen atoms in total. The molecule has 0 saturated heterocycles. The number of hydrogen-bond acceptors (Lipinski definition) is 5. The van der Waals surface area contributed by atoms with Crippen LogP contribution in [0.2, 0.25) is 0 Å². The Morgan fingerprint density at radius 3 is 2.72 bits per heavy atom. The van der Waals surface area contributed by atoms with Gasteiger partial charge in [0.1, 0.15) is 23.4 Å². The average Bonchev–Trinajstić information content (AvgIpc) is 3.46. The topological polar surface area (TPSA) is 91.0 Å². The van der Waals surface area contributed by atoms with Crippen LogP contribution in [0.3, 0.4) is 0 Å². The van der Waals surface area contributed by atoms with Crippen LogP contribution in [0, 0.1) is 0 Å². The van der Waals surface area contributed by atoms with Crippen LogP contribution in [-0.4, -0.2) is 32.1 Å². The van der Waals surface area contributed by atoms with Crippen LogP contribution in [0.15, 0.2) is 59.7 Å². The van der Waals surface area contributed by atoms with Gasteiger partial charge in [-0.1, -0.05) is 12.1 Å². The first kappa shape index (κ1) is 20.0. The van der Waals surface area contributed by atoms with Crippen molar-refractivity contribution in [3.05, 3.63) is 88.0 Å². The molecule has 0 spiro atoms. The minimum absolute atomic E-state index is 0.0430. The quantitative estimate of drug-likeness (QED) is 0.527. The molecule has 1 aliphatic rings. The fraction of sp³-hybridized carbons (Fsp3) is 0.250. The number of nitrogens with one attached hydrogen (secondary N) is 1. The second-order valence-electron chi connectivity index (χ2n) is 7.90. The molecule has 8 heteroatoms. The number of carbonyl (C=O) groups excluding carboxylic acids is 1. The van der Waals surface area contributed by atoms with Gasteiger partial charge in [-0.3, -0.25) is 14.2 Å². The largest absolute Gasteiger partial charge is 0.497 e. The van der Waals surface area contributed by atoms with E-state index in [2.05, 4.69) is 15.3 Å². The molecule has 1 amide bonds. The maximum atomic E-state index is 13.2. The van der Waals surface area contributed by atoms with Gasteiger partial charge in [0.2, 0.25) is 0 Å². The van der Waals surface area contributed by atoms with E-state index in [4.69, 9.17) is 4.74 Å². The van der Waals surface area contributed by atoms with Crippen LogP contribution >= 0.6 is 0 Å². The number of methoxy groups -OCH3 is 1. The van der Waals surface area contributed by atoms with Crippen molar-refractivity contribution in [2.24, 2.45) is 7.05 Å². The maximum absolute atomic E-state index is 13.2. The predicted molar refractivity (Wildman–Crippen MR) is 120 cm³/mol. The SMILES string of the molecule is COc1ccc([C@H](NC(=O)c2ccc3c(=O)n4c(nc3c2)CCC4)c2nccn2C)cc1. The molecule has 2 aromatic heterocycles. The van der Waals surface area contributed by atoms with Crippen LogP contribution in [0.5, 0.6) is 5.75 Å². The summed E-state index contributed by atoms with van der Waals surface area (Å²) < 4.78 is 8.86. The van der Waals surface area contributed by atoms with Crippen LogP contribution in [0.4, 0.5) is 0 Å². The number of rotatable bonds is 5. The van der Waals surface area contributed by atoms with Gasteiger partial charge in [0.05, 0.1) is 18.0 Å². The van der Waals surface area contributed by atoms with Gasteiger partial charge in [0.15, 0.2) is 0 Å². The summed E-state index contributed by atoms with van der Waals surface area (Å²) in [6.07, 6.45) is 5.23. The first-order valence-corrected chi connectivity index (χ1v) is 10.5. The van der Waals surface area contributed by atoms with Crippen molar-refractivity contribution in [2.75, 3.05) is 7.11 Å². The third-order valence-electron chi connectivity index (χ3n) is 5.92. The third kappa shape index (κ3) is 3.43. The summed E-state index contributed by atoms with van der Waals surface area (Å²) >= 11 is 0. The second-order valence-corrected chi connectivity index (χ2v) is 7.90. The van der Waals surface area contributed by atoms with Crippen molar-refractivity contribution in [3.8, 4) is 5.75 Å². The van der Waals surface area contributed by atoms with Crippen molar-refractivity contribution in [1.82, 2.24) is 24.4 Å².